The summed E-state index contributed by atoms with van der Waals surface area (Å²) in [5.74, 6) is -0.0525. The van der Waals surface area contributed by atoms with Crippen molar-refractivity contribution in [2.75, 3.05) is 19.6 Å². The molecule has 104 valence electrons. The standard InChI is InChI=1S/C14H18BrClN2O/c1-14(4-6-17-7-5-14)9-18-13(19)11-3-2-10(16)8-12(11)15/h2-3,8,17H,4-7,9H2,1H3,(H,18,19). The Hall–Kier alpha value is -0.580. The van der Waals surface area contributed by atoms with Gasteiger partial charge in [-0.15, -0.1) is 0 Å². The molecule has 0 aromatic heterocycles. The molecule has 5 heteroatoms. The van der Waals surface area contributed by atoms with E-state index in [0.29, 0.717) is 17.1 Å². The molecule has 1 amide bonds. The fourth-order valence-electron chi connectivity index (χ4n) is 2.27. The van der Waals surface area contributed by atoms with E-state index in [9.17, 15) is 4.79 Å². The molecule has 1 aliphatic heterocycles. The van der Waals surface area contributed by atoms with Crippen molar-refractivity contribution in [2.24, 2.45) is 5.41 Å². The molecule has 2 rings (SSSR count). The van der Waals surface area contributed by atoms with E-state index in [1.807, 2.05) is 0 Å². The van der Waals surface area contributed by atoms with Crippen LogP contribution in [0.5, 0.6) is 0 Å². The molecule has 1 heterocycles. The number of halogens is 2. The molecule has 0 radical (unpaired) electrons. The Kier molecular flexibility index (Phi) is 4.87. The van der Waals surface area contributed by atoms with Gasteiger partial charge in [0.05, 0.1) is 5.56 Å². The number of carbonyl (C=O) groups excluding carboxylic acids is 1. The molecule has 19 heavy (non-hydrogen) atoms. The van der Waals surface area contributed by atoms with Crippen LogP contribution in [0, 0.1) is 5.41 Å². The van der Waals surface area contributed by atoms with Crippen LogP contribution in [0.3, 0.4) is 0 Å². The van der Waals surface area contributed by atoms with E-state index in [2.05, 4.69) is 33.5 Å². The molecule has 0 aliphatic carbocycles. The second-order valence-corrected chi connectivity index (χ2v) is 6.66. The number of hydrogen-bond donors (Lipinski definition) is 2. The van der Waals surface area contributed by atoms with Gasteiger partial charge in [0.1, 0.15) is 0 Å². The summed E-state index contributed by atoms with van der Waals surface area (Å²) in [6.07, 6.45) is 2.18. The molecule has 0 bridgehead atoms. The van der Waals surface area contributed by atoms with Crippen LogP contribution in [0.15, 0.2) is 22.7 Å². The van der Waals surface area contributed by atoms with E-state index in [-0.39, 0.29) is 11.3 Å². The monoisotopic (exact) mass is 344 g/mol. The molecule has 2 N–H and O–H groups in total. The summed E-state index contributed by atoms with van der Waals surface area (Å²) in [5.41, 5.74) is 0.821. The van der Waals surface area contributed by atoms with Crippen molar-refractivity contribution in [1.29, 1.82) is 0 Å². The Morgan fingerprint density at radius 1 is 1.47 bits per heavy atom. The van der Waals surface area contributed by atoms with Crippen LogP contribution in [0.25, 0.3) is 0 Å². The minimum atomic E-state index is -0.0525. The first-order valence-corrected chi connectivity index (χ1v) is 7.61. The third-order valence-corrected chi connectivity index (χ3v) is 4.55. The fourth-order valence-corrected chi connectivity index (χ4v) is 3.13. The van der Waals surface area contributed by atoms with Crippen molar-refractivity contribution >= 4 is 33.4 Å². The van der Waals surface area contributed by atoms with Crippen molar-refractivity contribution < 1.29 is 4.79 Å². The predicted octanol–water partition coefficient (Wildman–Crippen LogP) is 3.22. The topological polar surface area (TPSA) is 41.1 Å². The van der Waals surface area contributed by atoms with E-state index >= 15 is 0 Å². The van der Waals surface area contributed by atoms with Gasteiger partial charge in [0.25, 0.3) is 5.91 Å². The van der Waals surface area contributed by atoms with E-state index in [4.69, 9.17) is 11.6 Å². The van der Waals surface area contributed by atoms with Crippen molar-refractivity contribution in [3.63, 3.8) is 0 Å². The average Bonchev–Trinajstić information content (AvgIpc) is 2.37. The van der Waals surface area contributed by atoms with Crippen LogP contribution in [-0.2, 0) is 0 Å². The Bertz CT molecular complexity index is 473. The van der Waals surface area contributed by atoms with Gasteiger partial charge >= 0.3 is 0 Å². The third kappa shape index (κ3) is 3.94. The van der Waals surface area contributed by atoms with Crippen LogP contribution in [0.1, 0.15) is 30.1 Å². The molecular weight excluding hydrogens is 328 g/mol. The van der Waals surface area contributed by atoms with Gasteiger partial charge in [-0.2, -0.15) is 0 Å². The zero-order chi connectivity index (χ0) is 13.9. The maximum atomic E-state index is 12.2. The first-order chi connectivity index (χ1) is 9.00. The van der Waals surface area contributed by atoms with Crippen LogP contribution in [0.2, 0.25) is 5.02 Å². The van der Waals surface area contributed by atoms with Crippen molar-refractivity contribution in [2.45, 2.75) is 19.8 Å². The number of hydrogen-bond acceptors (Lipinski definition) is 2. The maximum absolute atomic E-state index is 12.2. The van der Waals surface area contributed by atoms with Gasteiger partial charge in [-0.3, -0.25) is 4.79 Å². The molecule has 3 nitrogen and oxygen atoms in total. The molecule has 1 aliphatic rings. The Morgan fingerprint density at radius 3 is 2.79 bits per heavy atom. The largest absolute Gasteiger partial charge is 0.351 e. The normalized spacial score (nSPS) is 18.1. The molecule has 0 unspecified atom stereocenters. The zero-order valence-electron chi connectivity index (χ0n) is 10.9. The molecule has 1 aromatic carbocycles. The van der Waals surface area contributed by atoms with Crippen molar-refractivity contribution in [1.82, 2.24) is 10.6 Å². The Morgan fingerprint density at radius 2 is 2.16 bits per heavy atom. The molecule has 0 spiro atoms. The second-order valence-electron chi connectivity index (χ2n) is 5.37. The van der Waals surface area contributed by atoms with Gasteiger partial charge in [-0.05, 0) is 65.5 Å². The van der Waals surface area contributed by atoms with Crippen LogP contribution in [-0.4, -0.2) is 25.5 Å². The number of rotatable bonds is 3. The third-order valence-electron chi connectivity index (χ3n) is 3.66. The van der Waals surface area contributed by atoms with Gasteiger partial charge < -0.3 is 10.6 Å². The quantitative estimate of drug-likeness (QED) is 0.883. The first kappa shape index (κ1) is 14.8. The fraction of sp³-hybridized carbons (Fsp3) is 0.500. The van der Waals surface area contributed by atoms with Crippen LogP contribution in [0.4, 0.5) is 0 Å². The Balaban J connectivity index is 1.97. The molecular formula is C14H18BrClN2O. The number of carbonyl (C=O) groups is 1. The smallest absolute Gasteiger partial charge is 0.252 e. The lowest BCUT2D eigenvalue weighted by molar-refractivity contribution is 0.0921. The van der Waals surface area contributed by atoms with E-state index in [1.165, 1.54) is 0 Å². The van der Waals surface area contributed by atoms with E-state index < -0.39 is 0 Å². The minimum Gasteiger partial charge on any atom is -0.351 e. The summed E-state index contributed by atoms with van der Waals surface area (Å²) < 4.78 is 0.730. The van der Waals surface area contributed by atoms with Crippen LogP contribution < -0.4 is 10.6 Å². The number of amides is 1. The van der Waals surface area contributed by atoms with Crippen molar-refractivity contribution in [3.8, 4) is 0 Å². The lowest BCUT2D eigenvalue weighted by Crippen LogP contribution is -2.42. The number of benzene rings is 1. The zero-order valence-corrected chi connectivity index (χ0v) is 13.3. The first-order valence-electron chi connectivity index (χ1n) is 6.44. The lowest BCUT2D eigenvalue weighted by Gasteiger charge is -2.34. The van der Waals surface area contributed by atoms with E-state index in [1.54, 1.807) is 18.2 Å². The number of piperidine rings is 1. The van der Waals surface area contributed by atoms with Gasteiger partial charge in [0.15, 0.2) is 0 Å². The highest BCUT2D eigenvalue weighted by atomic mass is 79.9. The van der Waals surface area contributed by atoms with E-state index in [0.717, 1.165) is 30.4 Å². The highest BCUT2D eigenvalue weighted by Crippen LogP contribution is 2.27. The second kappa shape index (κ2) is 6.25. The van der Waals surface area contributed by atoms with Gasteiger partial charge in [0.2, 0.25) is 0 Å². The molecule has 0 saturated carbocycles. The molecule has 1 aromatic rings. The number of nitrogens with one attached hydrogen (secondary N) is 2. The lowest BCUT2D eigenvalue weighted by atomic mass is 9.81. The van der Waals surface area contributed by atoms with Gasteiger partial charge in [-0.25, -0.2) is 0 Å². The maximum Gasteiger partial charge on any atom is 0.252 e. The molecule has 1 saturated heterocycles. The predicted molar refractivity (Wildman–Crippen MR) is 81.7 cm³/mol. The summed E-state index contributed by atoms with van der Waals surface area (Å²) in [5, 5.41) is 6.99. The summed E-state index contributed by atoms with van der Waals surface area (Å²) in [6.45, 7) is 4.99. The van der Waals surface area contributed by atoms with Gasteiger partial charge in [0, 0.05) is 16.0 Å². The average molecular weight is 346 g/mol. The van der Waals surface area contributed by atoms with Crippen LogP contribution >= 0.6 is 27.5 Å². The van der Waals surface area contributed by atoms with Gasteiger partial charge in [-0.1, -0.05) is 18.5 Å². The van der Waals surface area contributed by atoms with Crippen molar-refractivity contribution in [3.05, 3.63) is 33.3 Å². The summed E-state index contributed by atoms with van der Waals surface area (Å²) in [6, 6.07) is 5.21. The molecule has 1 fully saturated rings. The summed E-state index contributed by atoms with van der Waals surface area (Å²) in [4.78, 5) is 12.2. The highest BCUT2D eigenvalue weighted by molar-refractivity contribution is 9.10. The highest BCUT2D eigenvalue weighted by Gasteiger charge is 2.27. The summed E-state index contributed by atoms with van der Waals surface area (Å²) in [7, 11) is 0. The molecule has 0 atom stereocenters. The summed E-state index contributed by atoms with van der Waals surface area (Å²) >= 11 is 9.25. The Labute approximate surface area is 127 Å². The minimum absolute atomic E-state index is 0.0525. The SMILES string of the molecule is CC1(CNC(=O)c2ccc(Cl)cc2Br)CCNCC1.